The predicted octanol–water partition coefficient (Wildman–Crippen LogP) is 0.942. The van der Waals surface area contributed by atoms with E-state index in [1.165, 1.54) is 13.2 Å². The van der Waals surface area contributed by atoms with Gasteiger partial charge in [0.2, 0.25) is 5.75 Å². The molecule has 0 spiro atoms. The lowest BCUT2D eigenvalue weighted by atomic mass is 10.1. The molecule has 0 aliphatic heterocycles. The van der Waals surface area contributed by atoms with Gasteiger partial charge >= 0.3 is 17.6 Å². The van der Waals surface area contributed by atoms with Crippen molar-refractivity contribution >= 4 is 17.6 Å². The Morgan fingerprint density at radius 2 is 1.86 bits per heavy atom. The van der Waals surface area contributed by atoms with E-state index in [0.29, 0.717) is 0 Å². The lowest BCUT2D eigenvalue weighted by Crippen LogP contribution is -2.16. The summed E-state index contributed by atoms with van der Waals surface area (Å²) in [4.78, 5) is 33.1. The highest BCUT2D eigenvalue weighted by Gasteiger charge is 2.27. The second-order valence-electron chi connectivity index (χ2n) is 3.64. The van der Waals surface area contributed by atoms with Crippen molar-refractivity contribution in [1.29, 1.82) is 0 Å². The van der Waals surface area contributed by atoms with Crippen molar-refractivity contribution < 1.29 is 33.5 Å². The van der Waals surface area contributed by atoms with Gasteiger partial charge in [-0.05, 0) is 6.07 Å². The fourth-order valence-electron chi connectivity index (χ4n) is 1.44. The van der Waals surface area contributed by atoms with Gasteiger partial charge in [-0.25, -0.2) is 9.59 Å². The van der Waals surface area contributed by atoms with Crippen LogP contribution < -0.4 is 9.47 Å². The minimum absolute atomic E-state index is 0.0764. The van der Waals surface area contributed by atoms with Crippen LogP contribution in [-0.4, -0.2) is 44.8 Å². The molecule has 0 fully saturated rings. The monoisotopic (exact) mass is 299 g/mol. The number of hydrogen-bond acceptors (Lipinski definition) is 8. The average Bonchev–Trinajstić information content (AvgIpc) is 2.50. The van der Waals surface area contributed by atoms with Crippen molar-refractivity contribution in [3.63, 3.8) is 0 Å². The fraction of sp³-hybridized carbons (Fsp3) is 0.333. The molecule has 1 aromatic carbocycles. The van der Waals surface area contributed by atoms with Gasteiger partial charge in [0, 0.05) is 0 Å². The van der Waals surface area contributed by atoms with Crippen LogP contribution in [0.4, 0.5) is 5.69 Å². The Morgan fingerprint density at radius 3 is 2.33 bits per heavy atom. The maximum atomic E-state index is 11.7. The number of nitro groups is 1. The Kier molecular flexibility index (Phi) is 5.47. The zero-order valence-corrected chi connectivity index (χ0v) is 11.6. The summed E-state index contributed by atoms with van der Waals surface area (Å²) in [5.74, 6) is -1.93. The topological polar surface area (TPSA) is 114 Å². The minimum atomic E-state index is -0.864. The molecule has 9 heteroatoms. The lowest BCUT2D eigenvalue weighted by Gasteiger charge is -2.11. The van der Waals surface area contributed by atoms with Gasteiger partial charge in [0.05, 0.1) is 32.3 Å². The van der Waals surface area contributed by atoms with E-state index in [2.05, 4.69) is 9.47 Å². The van der Waals surface area contributed by atoms with Crippen molar-refractivity contribution in [1.82, 2.24) is 0 Å². The molecule has 0 saturated heterocycles. The highest BCUT2D eigenvalue weighted by atomic mass is 16.6. The molecule has 0 saturated carbocycles. The first kappa shape index (κ1) is 16.2. The predicted molar refractivity (Wildman–Crippen MR) is 68.5 cm³/mol. The van der Waals surface area contributed by atoms with Gasteiger partial charge in [-0.3, -0.25) is 10.1 Å². The number of carbonyl (C=O) groups excluding carboxylic acids is 2. The Balaban J connectivity index is 3.36. The molecule has 21 heavy (non-hydrogen) atoms. The van der Waals surface area contributed by atoms with Crippen LogP contribution in [-0.2, 0) is 14.3 Å². The van der Waals surface area contributed by atoms with Crippen LogP contribution in [0.3, 0.4) is 0 Å². The molecule has 0 atom stereocenters. The number of benzene rings is 1. The van der Waals surface area contributed by atoms with Crippen LogP contribution in [0.5, 0.6) is 11.5 Å². The molecule has 9 nitrogen and oxygen atoms in total. The van der Waals surface area contributed by atoms with E-state index in [0.717, 1.165) is 20.3 Å². The Hall–Kier alpha value is -2.84. The summed E-state index contributed by atoms with van der Waals surface area (Å²) < 4.78 is 18.8. The van der Waals surface area contributed by atoms with E-state index in [9.17, 15) is 19.7 Å². The summed E-state index contributed by atoms with van der Waals surface area (Å²) in [6.45, 7) is -0.590. The van der Waals surface area contributed by atoms with Crippen molar-refractivity contribution in [2.45, 2.75) is 0 Å². The van der Waals surface area contributed by atoms with Gasteiger partial charge in [0.1, 0.15) is 11.3 Å². The molecule has 0 bridgehead atoms. The van der Waals surface area contributed by atoms with Crippen molar-refractivity contribution in [3.8, 4) is 11.5 Å². The lowest BCUT2D eigenvalue weighted by molar-refractivity contribution is -0.385. The molecule has 0 unspecified atom stereocenters. The maximum absolute atomic E-state index is 11.7. The molecular formula is C12H13NO8. The highest BCUT2D eigenvalue weighted by molar-refractivity contribution is 5.95. The molecule has 0 aliphatic rings. The third-order valence-electron chi connectivity index (χ3n) is 2.44. The second-order valence-corrected chi connectivity index (χ2v) is 3.64. The van der Waals surface area contributed by atoms with E-state index < -0.39 is 34.9 Å². The van der Waals surface area contributed by atoms with Crippen LogP contribution in [0.15, 0.2) is 12.1 Å². The number of nitro benzene ring substituents is 1. The fourth-order valence-corrected chi connectivity index (χ4v) is 1.44. The van der Waals surface area contributed by atoms with E-state index in [1.54, 1.807) is 0 Å². The SMILES string of the molecule is COC(=O)COc1c(C(=O)OC)cc(OC)cc1[N+](=O)[O-]. The number of nitrogens with zero attached hydrogens (tertiary/aromatic N) is 1. The summed E-state index contributed by atoms with van der Waals surface area (Å²) in [5, 5.41) is 11.1. The number of rotatable bonds is 6. The summed E-state index contributed by atoms with van der Waals surface area (Å²) in [6, 6.07) is 2.28. The van der Waals surface area contributed by atoms with Gasteiger partial charge in [0.15, 0.2) is 6.61 Å². The first-order valence-corrected chi connectivity index (χ1v) is 5.59. The number of esters is 2. The molecule has 1 rings (SSSR count). The molecule has 0 radical (unpaired) electrons. The molecular weight excluding hydrogens is 286 g/mol. The Labute approximate surface area is 119 Å². The third kappa shape index (κ3) is 3.81. The van der Waals surface area contributed by atoms with Gasteiger partial charge in [0.25, 0.3) is 0 Å². The summed E-state index contributed by atoms with van der Waals surface area (Å²) in [5.41, 5.74) is -0.758. The number of ether oxygens (including phenoxy) is 4. The van der Waals surface area contributed by atoms with E-state index in [1.807, 2.05) is 0 Å². The van der Waals surface area contributed by atoms with Gasteiger partial charge < -0.3 is 18.9 Å². The average molecular weight is 299 g/mol. The van der Waals surface area contributed by atoms with Crippen LogP contribution in [0.1, 0.15) is 10.4 Å². The molecule has 114 valence electrons. The molecule has 0 heterocycles. The summed E-state index contributed by atoms with van der Waals surface area (Å²) in [7, 11) is 3.53. The van der Waals surface area contributed by atoms with Crippen LogP contribution in [0.25, 0.3) is 0 Å². The normalized spacial score (nSPS) is 9.67. The van der Waals surface area contributed by atoms with Gasteiger partial charge in [-0.15, -0.1) is 0 Å². The molecule has 1 aromatic rings. The molecule has 0 aromatic heterocycles. The Bertz CT molecular complexity index is 569. The maximum Gasteiger partial charge on any atom is 0.343 e. The van der Waals surface area contributed by atoms with Gasteiger partial charge in [-0.2, -0.15) is 0 Å². The van der Waals surface area contributed by atoms with E-state index >= 15 is 0 Å². The number of methoxy groups -OCH3 is 3. The van der Waals surface area contributed by atoms with Crippen LogP contribution in [0.2, 0.25) is 0 Å². The second kappa shape index (κ2) is 7.08. The number of carbonyl (C=O) groups is 2. The standard InChI is InChI=1S/C12H13NO8/c1-18-7-4-8(12(15)20-3)11(9(5-7)13(16)17)21-6-10(14)19-2/h4-5H,6H2,1-3H3. The Morgan fingerprint density at radius 1 is 1.19 bits per heavy atom. The number of hydrogen-bond donors (Lipinski definition) is 0. The smallest absolute Gasteiger partial charge is 0.343 e. The largest absolute Gasteiger partial charge is 0.496 e. The van der Waals surface area contributed by atoms with Crippen molar-refractivity contribution in [2.24, 2.45) is 0 Å². The van der Waals surface area contributed by atoms with Crippen LogP contribution in [0, 0.1) is 10.1 Å². The summed E-state index contributed by atoms with van der Waals surface area (Å²) >= 11 is 0. The molecule has 0 N–H and O–H groups in total. The zero-order chi connectivity index (χ0) is 16.0. The minimum Gasteiger partial charge on any atom is -0.496 e. The van der Waals surface area contributed by atoms with E-state index in [4.69, 9.17) is 9.47 Å². The quantitative estimate of drug-likeness (QED) is 0.433. The van der Waals surface area contributed by atoms with Crippen molar-refractivity contribution in [3.05, 3.63) is 27.8 Å². The third-order valence-corrected chi connectivity index (χ3v) is 2.44. The van der Waals surface area contributed by atoms with Crippen LogP contribution >= 0.6 is 0 Å². The van der Waals surface area contributed by atoms with Gasteiger partial charge in [-0.1, -0.05) is 0 Å². The molecule has 0 aliphatic carbocycles. The van der Waals surface area contributed by atoms with E-state index in [-0.39, 0.29) is 11.3 Å². The summed E-state index contributed by atoms with van der Waals surface area (Å²) in [6.07, 6.45) is 0. The highest BCUT2D eigenvalue weighted by Crippen LogP contribution is 2.36. The molecule has 0 amide bonds. The zero-order valence-electron chi connectivity index (χ0n) is 11.6. The van der Waals surface area contributed by atoms with Crippen molar-refractivity contribution in [2.75, 3.05) is 27.9 Å². The first-order chi connectivity index (χ1) is 9.94. The first-order valence-electron chi connectivity index (χ1n) is 5.59.